The molecule has 0 aliphatic carbocycles. The van der Waals surface area contributed by atoms with Crippen LogP contribution in [0, 0.1) is 0 Å². The van der Waals surface area contributed by atoms with E-state index in [9.17, 15) is 0 Å². The van der Waals surface area contributed by atoms with Crippen LogP contribution >= 0.6 is 15.9 Å². The van der Waals surface area contributed by atoms with Crippen molar-refractivity contribution in [2.24, 2.45) is 5.84 Å². The Balaban J connectivity index is 3.10. The van der Waals surface area contributed by atoms with Crippen LogP contribution in [0.4, 0.5) is 0 Å². The Kier molecular flexibility index (Phi) is 6.28. The SMILES string of the molecule is CCOC(CC)C(NN)c1c(Br)cnn1C(C)C. The largest absolute Gasteiger partial charge is 0.376 e. The maximum atomic E-state index is 5.75. The third kappa shape index (κ3) is 3.32. The molecule has 2 atom stereocenters. The molecule has 2 unspecified atom stereocenters. The van der Waals surface area contributed by atoms with E-state index in [1.165, 1.54) is 0 Å². The van der Waals surface area contributed by atoms with Crippen molar-refractivity contribution in [3.63, 3.8) is 0 Å². The molecular formula is C12H23BrN4O. The molecule has 0 fully saturated rings. The normalized spacial score (nSPS) is 15.1. The molecule has 0 radical (unpaired) electrons. The van der Waals surface area contributed by atoms with Crippen molar-refractivity contribution < 1.29 is 4.74 Å². The van der Waals surface area contributed by atoms with E-state index in [0.29, 0.717) is 6.61 Å². The minimum absolute atomic E-state index is 0.0329. The van der Waals surface area contributed by atoms with E-state index < -0.39 is 0 Å². The molecule has 1 rings (SSSR count). The molecule has 0 bridgehead atoms. The number of ether oxygens (including phenoxy) is 1. The van der Waals surface area contributed by atoms with Gasteiger partial charge in [-0.25, -0.2) is 5.43 Å². The van der Waals surface area contributed by atoms with Crippen LogP contribution in [0.25, 0.3) is 0 Å². The standard InChI is InChI=1S/C12H23BrN4O/c1-5-10(18-6-2)11(16-14)12-9(13)7-15-17(12)8(3)4/h7-8,10-11,16H,5-6,14H2,1-4H3. The number of hydrogen-bond donors (Lipinski definition) is 2. The van der Waals surface area contributed by atoms with Gasteiger partial charge in [0.1, 0.15) is 0 Å². The van der Waals surface area contributed by atoms with Crippen LogP contribution in [0.2, 0.25) is 0 Å². The molecule has 0 aliphatic rings. The average Bonchev–Trinajstić information content (AvgIpc) is 2.71. The van der Waals surface area contributed by atoms with E-state index in [2.05, 4.69) is 47.2 Å². The highest BCUT2D eigenvalue weighted by Crippen LogP contribution is 2.29. The van der Waals surface area contributed by atoms with Crippen LogP contribution in [0.15, 0.2) is 10.7 Å². The van der Waals surface area contributed by atoms with Gasteiger partial charge in [-0.3, -0.25) is 10.5 Å². The molecule has 6 heteroatoms. The summed E-state index contributed by atoms with van der Waals surface area (Å²) in [6, 6.07) is 0.204. The van der Waals surface area contributed by atoms with Gasteiger partial charge in [-0.2, -0.15) is 5.10 Å². The first-order chi connectivity index (χ1) is 8.56. The molecule has 1 aromatic heterocycles. The van der Waals surface area contributed by atoms with Crippen LogP contribution in [0.1, 0.15) is 51.9 Å². The predicted molar refractivity (Wildman–Crippen MR) is 76.1 cm³/mol. The Labute approximate surface area is 117 Å². The second kappa shape index (κ2) is 7.23. The molecule has 5 nitrogen and oxygen atoms in total. The number of nitrogens with one attached hydrogen (secondary N) is 1. The van der Waals surface area contributed by atoms with Gasteiger partial charge in [-0.1, -0.05) is 6.92 Å². The Morgan fingerprint density at radius 1 is 1.50 bits per heavy atom. The number of hydrogen-bond acceptors (Lipinski definition) is 4. The van der Waals surface area contributed by atoms with Crippen molar-refractivity contribution in [2.75, 3.05) is 6.61 Å². The predicted octanol–water partition coefficient (Wildman–Crippen LogP) is 2.55. The number of nitrogens with two attached hydrogens (primary N) is 1. The van der Waals surface area contributed by atoms with Gasteiger partial charge in [0, 0.05) is 12.6 Å². The second-order valence-corrected chi connectivity index (χ2v) is 5.32. The molecule has 0 amide bonds. The van der Waals surface area contributed by atoms with E-state index in [4.69, 9.17) is 10.6 Å². The van der Waals surface area contributed by atoms with Gasteiger partial charge in [0.25, 0.3) is 0 Å². The van der Waals surface area contributed by atoms with Crippen LogP contribution in [0.3, 0.4) is 0 Å². The third-order valence-corrected chi connectivity index (χ3v) is 3.52. The number of rotatable bonds is 7. The number of nitrogens with zero attached hydrogens (tertiary/aromatic N) is 2. The van der Waals surface area contributed by atoms with Crippen LogP contribution in [-0.4, -0.2) is 22.5 Å². The van der Waals surface area contributed by atoms with Crippen molar-refractivity contribution in [1.29, 1.82) is 0 Å². The lowest BCUT2D eigenvalue weighted by atomic mass is 10.1. The van der Waals surface area contributed by atoms with Crippen LogP contribution in [0.5, 0.6) is 0 Å². The second-order valence-electron chi connectivity index (χ2n) is 4.46. The molecule has 0 saturated carbocycles. The summed E-state index contributed by atoms with van der Waals surface area (Å²) in [5, 5.41) is 4.38. The van der Waals surface area contributed by atoms with Gasteiger partial charge in [0.2, 0.25) is 0 Å². The average molecular weight is 319 g/mol. The zero-order valence-electron chi connectivity index (χ0n) is 11.5. The molecule has 1 heterocycles. The Bertz CT molecular complexity index is 367. The van der Waals surface area contributed by atoms with E-state index in [0.717, 1.165) is 16.6 Å². The van der Waals surface area contributed by atoms with Crippen molar-refractivity contribution in [3.8, 4) is 0 Å². The number of halogens is 1. The highest BCUT2D eigenvalue weighted by Gasteiger charge is 2.27. The lowest BCUT2D eigenvalue weighted by molar-refractivity contribution is 0.0286. The van der Waals surface area contributed by atoms with Gasteiger partial charge in [0.15, 0.2) is 0 Å². The smallest absolute Gasteiger partial charge is 0.0901 e. The summed E-state index contributed by atoms with van der Waals surface area (Å²) in [5.41, 5.74) is 3.90. The molecule has 0 saturated heterocycles. The van der Waals surface area contributed by atoms with Crippen LogP contribution < -0.4 is 11.3 Å². The third-order valence-electron chi connectivity index (χ3n) is 2.91. The van der Waals surface area contributed by atoms with E-state index in [1.54, 1.807) is 6.20 Å². The van der Waals surface area contributed by atoms with E-state index >= 15 is 0 Å². The number of aromatic nitrogens is 2. The summed E-state index contributed by atoms with van der Waals surface area (Å²) >= 11 is 3.54. The number of hydrazine groups is 1. The lowest BCUT2D eigenvalue weighted by Crippen LogP contribution is -2.39. The van der Waals surface area contributed by atoms with E-state index in [1.807, 2.05) is 11.6 Å². The highest BCUT2D eigenvalue weighted by atomic mass is 79.9. The van der Waals surface area contributed by atoms with Crippen molar-refractivity contribution >= 4 is 15.9 Å². The monoisotopic (exact) mass is 318 g/mol. The molecule has 0 aromatic carbocycles. The fourth-order valence-electron chi connectivity index (χ4n) is 2.08. The van der Waals surface area contributed by atoms with Gasteiger partial charge < -0.3 is 4.74 Å². The first kappa shape index (κ1) is 15.6. The maximum Gasteiger partial charge on any atom is 0.0901 e. The fourth-order valence-corrected chi connectivity index (χ4v) is 2.60. The Morgan fingerprint density at radius 2 is 2.17 bits per heavy atom. The first-order valence-corrected chi connectivity index (χ1v) is 7.16. The zero-order chi connectivity index (χ0) is 13.7. The molecule has 3 N–H and O–H groups in total. The summed E-state index contributed by atoms with van der Waals surface area (Å²) < 4.78 is 8.68. The summed E-state index contributed by atoms with van der Waals surface area (Å²) in [6.45, 7) is 8.94. The zero-order valence-corrected chi connectivity index (χ0v) is 13.1. The van der Waals surface area contributed by atoms with Gasteiger partial charge >= 0.3 is 0 Å². The topological polar surface area (TPSA) is 65.1 Å². The van der Waals surface area contributed by atoms with Crippen molar-refractivity contribution in [3.05, 3.63) is 16.4 Å². The van der Waals surface area contributed by atoms with Crippen molar-refractivity contribution in [1.82, 2.24) is 15.2 Å². The maximum absolute atomic E-state index is 5.75. The molecule has 0 spiro atoms. The summed E-state index contributed by atoms with van der Waals surface area (Å²) in [5.74, 6) is 5.72. The molecule has 104 valence electrons. The van der Waals surface area contributed by atoms with Crippen LogP contribution in [-0.2, 0) is 4.74 Å². The fraction of sp³-hybridized carbons (Fsp3) is 0.750. The van der Waals surface area contributed by atoms with Gasteiger partial charge in [-0.15, -0.1) is 0 Å². The minimum Gasteiger partial charge on any atom is -0.376 e. The molecular weight excluding hydrogens is 296 g/mol. The Hall–Kier alpha value is -0.430. The quantitative estimate of drug-likeness (QED) is 0.599. The summed E-state index contributed by atoms with van der Waals surface area (Å²) in [7, 11) is 0. The van der Waals surface area contributed by atoms with Gasteiger partial charge in [-0.05, 0) is 43.1 Å². The lowest BCUT2D eigenvalue weighted by Gasteiger charge is -2.27. The first-order valence-electron chi connectivity index (χ1n) is 6.37. The highest BCUT2D eigenvalue weighted by molar-refractivity contribution is 9.10. The summed E-state index contributed by atoms with van der Waals surface area (Å²) in [6.07, 6.45) is 2.72. The Morgan fingerprint density at radius 3 is 2.61 bits per heavy atom. The van der Waals surface area contributed by atoms with E-state index in [-0.39, 0.29) is 18.2 Å². The molecule has 0 aliphatic heterocycles. The van der Waals surface area contributed by atoms with Crippen molar-refractivity contribution in [2.45, 2.75) is 52.3 Å². The molecule has 18 heavy (non-hydrogen) atoms. The van der Waals surface area contributed by atoms with Gasteiger partial charge in [0.05, 0.1) is 28.5 Å². The summed E-state index contributed by atoms with van der Waals surface area (Å²) in [4.78, 5) is 0. The molecule has 1 aromatic rings. The minimum atomic E-state index is -0.0748.